The summed E-state index contributed by atoms with van der Waals surface area (Å²) in [7, 11) is 0. The summed E-state index contributed by atoms with van der Waals surface area (Å²) in [4.78, 5) is 39.6. The van der Waals surface area contributed by atoms with Crippen LogP contribution >= 0.6 is 0 Å². The van der Waals surface area contributed by atoms with Gasteiger partial charge in [0.15, 0.2) is 0 Å². The second-order valence-corrected chi connectivity index (χ2v) is 6.26. The van der Waals surface area contributed by atoms with Crippen molar-refractivity contribution >= 4 is 12.1 Å². The number of carbonyl (C=O) groups is 2. The van der Waals surface area contributed by atoms with Gasteiger partial charge in [0, 0.05) is 6.54 Å². The zero-order valence-electron chi connectivity index (χ0n) is 13.8. The molecular formula is C14H24N2O7. The van der Waals surface area contributed by atoms with Crippen LogP contribution in [0.2, 0.25) is 0 Å². The van der Waals surface area contributed by atoms with Gasteiger partial charge in [0.05, 0.1) is 13.2 Å². The number of hydrogen-bond donors (Lipinski definition) is 0. The van der Waals surface area contributed by atoms with E-state index in [4.69, 9.17) is 9.47 Å². The number of rotatable bonds is 7. The van der Waals surface area contributed by atoms with Gasteiger partial charge >= 0.3 is 12.1 Å². The van der Waals surface area contributed by atoms with Crippen molar-refractivity contribution in [1.82, 2.24) is 4.90 Å². The van der Waals surface area contributed by atoms with Crippen molar-refractivity contribution in [3.05, 3.63) is 10.1 Å². The van der Waals surface area contributed by atoms with Crippen molar-refractivity contribution in [2.45, 2.75) is 58.1 Å². The molecule has 0 N–H and O–H groups in total. The van der Waals surface area contributed by atoms with Crippen molar-refractivity contribution in [1.29, 1.82) is 0 Å². The molecule has 0 unspecified atom stereocenters. The second kappa shape index (κ2) is 8.54. The lowest BCUT2D eigenvalue weighted by atomic mass is 10.2. The van der Waals surface area contributed by atoms with E-state index in [2.05, 4.69) is 4.84 Å². The van der Waals surface area contributed by atoms with E-state index in [-0.39, 0.29) is 13.2 Å². The second-order valence-electron chi connectivity index (χ2n) is 6.26. The minimum atomic E-state index is -0.858. The average molecular weight is 332 g/mol. The van der Waals surface area contributed by atoms with E-state index in [0.29, 0.717) is 25.8 Å². The number of ether oxygens (including phenoxy) is 2. The van der Waals surface area contributed by atoms with E-state index in [9.17, 15) is 19.7 Å². The summed E-state index contributed by atoms with van der Waals surface area (Å²) in [6.45, 7) is 5.87. The maximum Gasteiger partial charge on any atom is 0.411 e. The summed E-state index contributed by atoms with van der Waals surface area (Å²) in [5, 5.41) is 9.10. The average Bonchev–Trinajstić information content (AvgIpc) is 2.89. The zero-order chi connectivity index (χ0) is 17.5. The van der Waals surface area contributed by atoms with E-state index in [1.165, 1.54) is 4.90 Å². The molecule has 0 radical (unpaired) electrons. The van der Waals surface area contributed by atoms with Crippen LogP contribution in [0, 0.1) is 10.1 Å². The molecule has 1 rings (SSSR count). The lowest BCUT2D eigenvalue weighted by Gasteiger charge is -2.27. The maximum absolute atomic E-state index is 12.1. The van der Waals surface area contributed by atoms with Gasteiger partial charge in [-0.3, -0.25) is 4.90 Å². The standard InChI is InChI=1S/C14H24N2O7/c1-14(2,3)23-13(18)15-8-6-7-11(15)12(17)21-9-4-5-10-22-16(19)20/h11H,4-10H2,1-3H3/t11-/m0/s1. The third-order valence-electron chi connectivity index (χ3n) is 3.13. The predicted octanol–water partition coefficient (Wildman–Crippen LogP) is 1.92. The number of unbranched alkanes of at least 4 members (excludes halogenated alkanes) is 1. The molecule has 0 aromatic carbocycles. The highest BCUT2D eigenvalue weighted by Gasteiger charge is 2.37. The summed E-state index contributed by atoms with van der Waals surface area (Å²) in [5.74, 6) is -0.469. The van der Waals surface area contributed by atoms with Crippen LogP contribution in [0.3, 0.4) is 0 Å². The smallest absolute Gasteiger partial charge is 0.411 e. The molecule has 1 aliphatic heterocycles. The number of esters is 1. The van der Waals surface area contributed by atoms with Crippen LogP contribution < -0.4 is 0 Å². The summed E-state index contributed by atoms with van der Waals surface area (Å²) in [6.07, 6.45) is 1.61. The first kappa shape index (κ1) is 19.0. The largest absolute Gasteiger partial charge is 0.464 e. The molecule has 23 heavy (non-hydrogen) atoms. The molecule has 1 atom stereocenters. The van der Waals surface area contributed by atoms with Gasteiger partial charge in [-0.25, -0.2) is 9.59 Å². The third kappa shape index (κ3) is 7.16. The molecule has 1 aliphatic rings. The Balaban J connectivity index is 2.34. The topological polar surface area (TPSA) is 108 Å². The van der Waals surface area contributed by atoms with Gasteiger partial charge in [0.2, 0.25) is 0 Å². The summed E-state index contributed by atoms with van der Waals surface area (Å²) < 4.78 is 10.4. The molecule has 0 aliphatic carbocycles. The predicted molar refractivity (Wildman–Crippen MR) is 79.1 cm³/mol. The van der Waals surface area contributed by atoms with E-state index in [0.717, 1.165) is 6.42 Å². The fraction of sp³-hybridized carbons (Fsp3) is 0.857. The number of likely N-dealkylation sites (tertiary alicyclic amines) is 1. The quantitative estimate of drug-likeness (QED) is 0.303. The minimum Gasteiger partial charge on any atom is -0.464 e. The van der Waals surface area contributed by atoms with Crippen molar-refractivity contribution in [2.75, 3.05) is 19.8 Å². The Kier molecular flexibility index (Phi) is 7.05. The molecule has 0 spiro atoms. The molecular weight excluding hydrogens is 308 g/mol. The SMILES string of the molecule is CC(C)(C)OC(=O)N1CCC[C@H]1C(=O)OCCCCO[N+](=O)[O-]. The van der Waals surface area contributed by atoms with Gasteiger partial charge in [-0.05, 0) is 46.5 Å². The van der Waals surface area contributed by atoms with E-state index in [1.54, 1.807) is 20.8 Å². The van der Waals surface area contributed by atoms with Gasteiger partial charge in [-0.1, -0.05) is 0 Å². The van der Waals surface area contributed by atoms with Crippen molar-refractivity contribution in [2.24, 2.45) is 0 Å². The van der Waals surface area contributed by atoms with Crippen LogP contribution in [0.15, 0.2) is 0 Å². The van der Waals surface area contributed by atoms with Crippen LogP contribution in [0.1, 0.15) is 46.5 Å². The van der Waals surface area contributed by atoms with Crippen molar-refractivity contribution in [3.63, 3.8) is 0 Å². The molecule has 0 aromatic heterocycles. The Bertz CT molecular complexity index is 433. The van der Waals surface area contributed by atoms with Crippen LogP contribution in [0.25, 0.3) is 0 Å². The van der Waals surface area contributed by atoms with Crippen molar-refractivity contribution in [3.8, 4) is 0 Å². The van der Waals surface area contributed by atoms with Gasteiger partial charge in [-0.15, -0.1) is 10.1 Å². The first-order valence-corrected chi connectivity index (χ1v) is 7.64. The van der Waals surface area contributed by atoms with Gasteiger partial charge in [-0.2, -0.15) is 0 Å². The summed E-state index contributed by atoms with van der Waals surface area (Å²) in [5.41, 5.74) is -0.620. The molecule has 132 valence electrons. The Morgan fingerprint density at radius 1 is 1.26 bits per heavy atom. The molecule has 0 aromatic rings. The van der Waals surface area contributed by atoms with Crippen molar-refractivity contribution < 1.29 is 29.0 Å². The molecule has 1 amide bonds. The number of hydrogen-bond acceptors (Lipinski definition) is 7. The van der Waals surface area contributed by atoms with Crippen LogP contribution in [-0.4, -0.2) is 53.5 Å². The van der Waals surface area contributed by atoms with E-state index >= 15 is 0 Å². The Morgan fingerprint density at radius 3 is 2.52 bits per heavy atom. The zero-order valence-corrected chi connectivity index (χ0v) is 13.8. The first-order valence-electron chi connectivity index (χ1n) is 7.64. The Labute approximate surface area is 135 Å². The molecule has 1 saturated heterocycles. The van der Waals surface area contributed by atoms with Gasteiger partial charge in [0.1, 0.15) is 11.6 Å². The monoisotopic (exact) mass is 332 g/mol. The maximum atomic E-state index is 12.1. The lowest BCUT2D eigenvalue weighted by Crippen LogP contribution is -2.44. The summed E-state index contributed by atoms with van der Waals surface area (Å²) in [6, 6.07) is -0.625. The van der Waals surface area contributed by atoms with Crippen LogP contribution in [0.5, 0.6) is 0 Å². The molecule has 0 saturated carbocycles. The van der Waals surface area contributed by atoms with E-state index < -0.39 is 28.8 Å². The highest BCUT2D eigenvalue weighted by Crippen LogP contribution is 2.21. The van der Waals surface area contributed by atoms with E-state index in [1.807, 2.05) is 0 Å². The molecule has 9 heteroatoms. The fourth-order valence-electron chi connectivity index (χ4n) is 2.16. The summed E-state index contributed by atoms with van der Waals surface area (Å²) >= 11 is 0. The first-order chi connectivity index (χ1) is 10.7. The molecule has 1 fully saturated rings. The Morgan fingerprint density at radius 2 is 1.91 bits per heavy atom. The number of amides is 1. The Hall–Kier alpha value is -2.06. The lowest BCUT2D eigenvalue weighted by molar-refractivity contribution is -0.757. The van der Waals surface area contributed by atoms with Crippen LogP contribution in [-0.2, 0) is 19.1 Å². The van der Waals surface area contributed by atoms with Gasteiger partial charge in [0.25, 0.3) is 5.09 Å². The fourth-order valence-corrected chi connectivity index (χ4v) is 2.16. The minimum absolute atomic E-state index is 0.0297. The molecule has 9 nitrogen and oxygen atoms in total. The van der Waals surface area contributed by atoms with Crippen LogP contribution in [0.4, 0.5) is 4.79 Å². The molecule has 0 bridgehead atoms. The molecule has 1 heterocycles. The highest BCUT2D eigenvalue weighted by atomic mass is 16.9. The van der Waals surface area contributed by atoms with Gasteiger partial charge < -0.3 is 14.3 Å². The third-order valence-corrected chi connectivity index (χ3v) is 3.13. The normalized spacial score (nSPS) is 17.7. The number of nitrogens with zero attached hydrogens (tertiary/aromatic N) is 2. The highest BCUT2D eigenvalue weighted by molar-refractivity contribution is 5.82. The number of carbonyl (C=O) groups excluding carboxylic acids is 2.